The molecule has 0 bridgehead atoms. The molecule has 10 heteroatoms. The second-order valence-electron chi connectivity index (χ2n) is 9.75. The molecule has 5 rings (SSSR count). The zero-order valence-electron chi connectivity index (χ0n) is 23.9. The average molecular weight is 638 g/mol. The Morgan fingerprint density at radius 1 is 1.07 bits per heavy atom. The first-order chi connectivity index (χ1) is 20.8. The van der Waals surface area contributed by atoms with Crippen LogP contribution in [0.25, 0.3) is 6.08 Å². The number of rotatable bonds is 10. The summed E-state index contributed by atoms with van der Waals surface area (Å²) < 4.78 is 19.0. The highest BCUT2D eigenvalue weighted by molar-refractivity contribution is 7.07. The lowest BCUT2D eigenvalue weighted by atomic mass is 9.93. The van der Waals surface area contributed by atoms with Gasteiger partial charge in [0.05, 0.1) is 29.5 Å². The van der Waals surface area contributed by atoms with E-state index >= 15 is 0 Å². The maximum absolute atomic E-state index is 14.0. The Hall–Kier alpha value is -3.85. The minimum atomic E-state index is -0.826. The third-order valence-electron chi connectivity index (χ3n) is 6.91. The van der Waals surface area contributed by atoms with Crippen molar-refractivity contribution in [3.8, 4) is 11.5 Å². The Kier molecular flexibility index (Phi) is 9.70. The molecule has 0 fully saturated rings. The molecule has 0 saturated heterocycles. The van der Waals surface area contributed by atoms with Gasteiger partial charge in [0, 0.05) is 21.2 Å². The predicted octanol–water partition coefficient (Wildman–Crippen LogP) is 6.47. The van der Waals surface area contributed by atoms with Gasteiger partial charge in [-0.15, -0.1) is 0 Å². The number of hydrogen-bond acceptors (Lipinski definition) is 7. The van der Waals surface area contributed by atoms with Gasteiger partial charge in [0.1, 0.15) is 24.1 Å². The molecule has 0 saturated carbocycles. The topological polar surface area (TPSA) is 79.1 Å². The summed E-state index contributed by atoms with van der Waals surface area (Å²) in [6.45, 7) is 4.28. The Morgan fingerprint density at radius 2 is 1.84 bits per heavy atom. The Balaban J connectivity index is 1.58. The van der Waals surface area contributed by atoms with E-state index in [1.807, 2.05) is 61.5 Å². The van der Waals surface area contributed by atoms with E-state index in [1.165, 1.54) is 15.9 Å². The molecule has 0 N–H and O–H groups in total. The van der Waals surface area contributed by atoms with Crippen molar-refractivity contribution in [3.63, 3.8) is 0 Å². The van der Waals surface area contributed by atoms with Gasteiger partial charge in [0.15, 0.2) is 4.80 Å². The fourth-order valence-electron chi connectivity index (χ4n) is 4.92. The van der Waals surface area contributed by atoms with Crippen LogP contribution in [-0.4, -0.2) is 24.3 Å². The van der Waals surface area contributed by atoms with E-state index in [0.717, 1.165) is 17.5 Å². The molecule has 7 nitrogen and oxygen atoms in total. The van der Waals surface area contributed by atoms with Crippen LogP contribution in [-0.2, 0) is 16.1 Å². The van der Waals surface area contributed by atoms with Gasteiger partial charge in [-0.25, -0.2) is 9.79 Å². The van der Waals surface area contributed by atoms with Gasteiger partial charge in [0.2, 0.25) is 0 Å². The summed E-state index contributed by atoms with van der Waals surface area (Å²) in [4.78, 5) is 32.7. The molecule has 222 valence electrons. The summed E-state index contributed by atoms with van der Waals surface area (Å²) in [6, 6.07) is 19.3. The van der Waals surface area contributed by atoms with Gasteiger partial charge in [-0.3, -0.25) is 9.36 Å². The summed E-state index contributed by atoms with van der Waals surface area (Å²) in [5, 5.41) is 1.10. The predicted molar refractivity (Wildman–Crippen MR) is 170 cm³/mol. The zero-order chi connectivity index (χ0) is 30.5. The second kappa shape index (κ2) is 13.6. The number of carbonyl (C=O) groups is 1. The minimum absolute atomic E-state index is 0.184. The molecule has 0 aliphatic carbocycles. The van der Waals surface area contributed by atoms with Crippen LogP contribution in [0.4, 0.5) is 0 Å². The first-order valence-corrected chi connectivity index (χ1v) is 15.4. The van der Waals surface area contributed by atoms with Crippen LogP contribution in [0.3, 0.4) is 0 Å². The molecular weight excluding hydrogens is 607 g/mol. The summed E-state index contributed by atoms with van der Waals surface area (Å²) in [6.07, 6.45) is 3.09. The van der Waals surface area contributed by atoms with Crippen molar-refractivity contribution in [2.45, 2.75) is 39.3 Å². The van der Waals surface area contributed by atoms with E-state index in [1.54, 1.807) is 32.2 Å². The summed E-state index contributed by atoms with van der Waals surface area (Å²) >= 11 is 13.9. The van der Waals surface area contributed by atoms with Crippen molar-refractivity contribution in [2.75, 3.05) is 13.7 Å². The third kappa shape index (κ3) is 6.56. The van der Waals surface area contributed by atoms with E-state index in [4.69, 9.17) is 42.4 Å². The van der Waals surface area contributed by atoms with Crippen molar-refractivity contribution in [1.82, 2.24) is 4.57 Å². The lowest BCUT2D eigenvalue weighted by Crippen LogP contribution is -2.40. The van der Waals surface area contributed by atoms with Crippen molar-refractivity contribution in [1.29, 1.82) is 0 Å². The van der Waals surface area contributed by atoms with Crippen molar-refractivity contribution in [3.05, 3.63) is 124 Å². The maximum atomic E-state index is 14.0. The molecule has 43 heavy (non-hydrogen) atoms. The molecule has 0 unspecified atom stereocenters. The number of aromatic nitrogens is 1. The molecule has 1 aliphatic heterocycles. The van der Waals surface area contributed by atoms with Crippen LogP contribution < -0.4 is 24.4 Å². The number of thiazole rings is 1. The highest BCUT2D eigenvalue weighted by Crippen LogP contribution is 2.38. The monoisotopic (exact) mass is 636 g/mol. The highest BCUT2D eigenvalue weighted by Gasteiger charge is 2.36. The molecule has 0 radical (unpaired) electrons. The number of carbonyl (C=O) groups excluding carboxylic acids is 1. The van der Waals surface area contributed by atoms with Crippen LogP contribution in [0.1, 0.15) is 49.4 Å². The smallest absolute Gasteiger partial charge is 0.338 e. The largest absolute Gasteiger partial charge is 0.496 e. The average Bonchev–Trinajstić information content (AvgIpc) is 3.31. The summed E-state index contributed by atoms with van der Waals surface area (Å²) in [5.74, 6) is 0.647. The van der Waals surface area contributed by atoms with Crippen molar-refractivity contribution < 1.29 is 19.0 Å². The lowest BCUT2D eigenvalue weighted by molar-refractivity contribution is -0.139. The molecule has 4 aromatic rings. The van der Waals surface area contributed by atoms with Crippen molar-refractivity contribution >= 4 is 46.6 Å². The van der Waals surface area contributed by atoms with Crippen LogP contribution in [0, 0.1) is 0 Å². The Bertz CT molecular complexity index is 1860. The number of esters is 1. The molecule has 2 heterocycles. The molecule has 1 aromatic heterocycles. The molecule has 3 aromatic carbocycles. The standard InChI is InChI=1S/C33H30Cl2N2O5S/c1-4-8-26-29(32(39)41-5-2)30(24-18-22(34)13-16-27(24)40-3)37-31(38)28(43-33(37)36-26)17-20-11-14-23(15-12-20)42-19-21-9-6-7-10-25(21)35/h6-7,9-18,30H,4-5,8,19H2,1-3H3/b28-17+/t30-/m1/s1. The second-order valence-corrected chi connectivity index (χ2v) is 11.6. The van der Waals surface area contributed by atoms with E-state index in [9.17, 15) is 9.59 Å². The third-order valence-corrected chi connectivity index (χ3v) is 8.50. The molecule has 1 aliphatic rings. The van der Waals surface area contributed by atoms with Crippen LogP contribution in [0.15, 0.2) is 87.8 Å². The first-order valence-electron chi connectivity index (χ1n) is 13.9. The maximum Gasteiger partial charge on any atom is 0.338 e. The van der Waals surface area contributed by atoms with E-state index in [-0.39, 0.29) is 12.2 Å². The van der Waals surface area contributed by atoms with Gasteiger partial charge in [-0.05, 0) is 61.4 Å². The Labute approximate surface area is 263 Å². The number of hydrogen-bond donors (Lipinski definition) is 0. The van der Waals surface area contributed by atoms with Gasteiger partial charge >= 0.3 is 5.97 Å². The van der Waals surface area contributed by atoms with Crippen LogP contribution in [0.2, 0.25) is 10.0 Å². The minimum Gasteiger partial charge on any atom is -0.496 e. The fourth-order valence-corrected chi connectivity index (χ4v) is 6.31. The molecule has 0 amide bonds. The molecule has 0 spiro atoms. The number of halogens is 2. The molecule has 1 atom stereocenters. The van der Waals surface area contributed by atoms with E-state index < -0.39 is 12.0 Å². The zero-order valence-corrected chi connectivity index (χ0v) is 26.3. The van der Waals surface area contributed by atoms with Crippen molar-refractivity contribution in [2.24, 2.45) is 4.99 Å². The van der Waals surface area contributed by atoms with E-state index in [0.29, 0.717) is 60.7 Å². The highest BCUT2D eigenvalue weighted by atomic mass is 35.5. The van der Waals surface area contributed by atoms with Gasteiger partial charge in [-0.2, -0.15) is 0 Å². The number of methoxy groups -OCH3 is 1. The van der Waals surface area contributed by atoms with Gasteiger partial charge in [-0.1, -0.05) is 78.2 Å². The SMILES string of the molecule is CCCC1=C(C(=O)OCC)[C@@H](c2cc(Cl)ccc2OC)n2c(s/c(=C/c3ccc(OCc4ccccc4Cl)cc3)c2=O)=N1. The van der Waals surface area contributed by atoms with Crippen LogP contribution >= 0.6 is 34.5 Å². The quantitative estimate of drug-likeness (QED) is 0.186. The summed E-state index contributed by atoms with van der Waals surface area (Å²) in [5.41, 5.74) is 2.89. The molecular formula is C33H30Cl2N2O5S. The normalized spacial score (nSPS) is 14.7. The number of benzene rings is 3. The van der Waals surface area contributed by atoms with Gasteiger partial charge < -0.3 is 14.2 Å². The number of nitrogens with zero attached hydrogens (tertiary/aromatic N) is 2. The van der Waals surface area contributed by atoms with E-state index in [2.05, 4.69) is 0 Å². The number of ether oxygens (including phenoxy) is 3. The number of allylic oxidation sites excluding steroid dienone is 1. The summed E-state index contributed by atoms with van der Waals surface area (Å²) in [7, 11) is 1.54. The van der Waals surface area contributed by atoms with Gasteiger partial charge in [0.25, 0.3) is 5.56 Å². The Morgan fingerprint density at radius 3 is 2.53 bits per heavy atom. The first kappa shape index (κ1) is 30.6. The number of fused-ring (bicyclic) bond motifs is 1. The fraction of sp³-hybridized carbons (Fsp3) is 0.242. The van der Waals surface area contributed by atoms with Crippen LogP contribution in [0.5, 0.6) is 11.5 Å². The lowest BCUT2D eigenvalue weighted by Gasteiger charge is -2.27.